The number of hydroxylamine groups is 2. The van der Waals surface area contributed by atoms with E-state index >= 15 is 0 Å². The summed E-state index contributed by atoms with van der Waals surface area (Å²) in [6.45, 7) is -0.0695. The number of hydrogen-bond donors (Lipinski definition) is 3. The predicted octanol–water partition coefficient (Wildman–Crippen LogP) is 2.17. The van der Waals surface area contributed by atoms with Crippen molar-refractivity contribution >= 4 is 40.9 Å². The van der Waals surface area contributed by atoms with Crippen molar-refractivity contribution in [3.05, 3.63) is 23.2 Å². The van der Waals surface area contributed by atoms with Crippen molar-refractivity contribution in [2.45, 2.75) is 32.1 Å². The molecule has 2 amide bonds. The molecule has 1 saturated carbocycles. The predicted molar refractivity (Wildman–Crippen MR) is 98.7 cm³/mol. The molecule has 144 valence electrons. The molecule has 1 heterocycles. The van der Waals surface area contributed by atoms with Crippen LogP contribution in [0.4, 0.5) is 5.95 Å². The minimum absolute atomic E-state index is 0.0695. The van der Waals surface area contributed by atoms with E-state index in [9.17, 15) is 14.8 Å². The van der Waals surface area contributed by atoms with Gasteiger partial charge >= 0.3 is 0 Å². The van der Waals surface area contributed by atoms with Crippen LogP contribution in [0.3, 0.4) is 0 Å². The number of aromatic nitrogens is 3. The molecule has 1 aromatic heterocycles. The van der Waals surface area contributed by atoms with Crippen molar-refractivity contribution in [1.29, 1.82) is 0 Å². The Kier molecular flexibility index (Phi) is 6.36. The molecule has 2 aromatic rings. The number of anilines is 1. The summed E-state index contributed by atoms with van der Waals surface area (Å²) < 4.78 is 0. The molecule has 9 nitrogen and oxygen atoms in total. The number of hydrogen-bond acceptors (Lipinski definition) is 7. The lowest BCUT2D eigenvalue weighted by Crippen LogP contribution is -2.41. The summed E-state index contributed by atoms with van der Waals surface area (Å²) in [5.74, 6) is -0.355. The lowest BCUT2D eigenvalue weighted by Gasteiger charge is -2.22. The summed E-state index contributed by atoms with van der Waals surface area (Å²) in [5.41, 5.74) is 6.30. The largest absolute Gasteiger partial charge is 0.286 e. The average molecular weight is 393 g/mol. The van der Waals surface area contributed by atoms with Crippen LogP contribution in [0.1, 0.15) is 32.1 Å². The first kappa shape index (κ1) is 19.2. The fourth-order valence-electron chi connectivity index (χ4n) is 3.36. The third kappa shape index (κ3) is 5.24. The summed E-state index contributed by atoms with van der Waals surface area (Å²) in [7, 11) is 0. The van der Waals surface area contributed by atoms with E-state index in [0.717, 1.165) is 25.7 Å². The van der Waals surface area contributed by atoms with Gasteiger partial charge in [-0.15, -0.1) is 10.2 Å². The minimum Gasteiger partial charge on any atom is -0.286 e. The van der Waals surface area contributed by atoms with E-state index in [2.05, 4.69) is 26.0 Å². The lowest BCUT2D eigenvalue weighted by molar-refractivity contribution is -0.154. The van der Waals surface area contributed by atoms with Gasteiger partial charge in [0.25, 0.3) is 5.95 Å². The Morgan fingerprint density at radius 1 is 1.33 bits per heavy atom. The van der Waals surface area contributed by atoms with Crippen LogP contribution in [0.2, 0.25) is 5.02 Å². The van der Waals surface area contributed by atoms with Crippen molar-refractivity contribution in [3.8, 4) is 0 Å². The molecule has 0 spiro atoms. The number of benzene rings is 1. The Morgan fingerprint density at radius 3 is 2.85 bits per heavy atom. The number of halogens is 1. The van der Waals surface area contributed by atoms with E-state index in [0.29, 0.717) is 39.9 Å². The number of nitrogens with zero attached hydrogens (tertiary/aromatic N) is 4. The lowest BCUT2D eigenvalue weighted by atomic mass is 9.92. The molecule has 3 N–H and O–H groups in total. The van der Waals surface area contributed by atoms with Crippen LogP contribution in [0.25, 0.3) is 11.0 Å². The van der Waals surface area contributed by atoms with Gasteiger partial charge in [-0.1, -0.05) is 37.3 Å². The molecule has 0 aliphatic heterocycles. The highest BCUT2D eigenvalue weighted by molar-refractivity contribution is 6.31. The molecule has 1 fully saturated rings. The molecule has 0 unspecified atom stereocenters. The minimum atomic E-state index is -0.543. The van der Waals surface area contributed by atoms with Gasteiger partial charge in [0.05, 0.1) is 18.0 Å². The summed E-state index contributed by atoms with van der Waals surface area (Å²) in [5, 5.41) is 18.4. The van der Waals surface area contributed by atoms with Crippen LogP contribution in [-0.4, -0.2) is 44.3 Å². The summed E-state index contributed by atoms with van der Waals surface area (Å²) in [4.78, 5) is 27.5. The molecule has 27 heavy (non-hydrogen) atoms. The van der Waals surface area contributed by atoms with Gasteiger partial charge in [-0.3, -0.25) is 25.6 Å². The van der Waals surface area contributed by atoms with E-state index < -0.39 is 5.92 Å². The van der Waals surface area contributed by atoms with Gasteiger partial charge in [0.15, 0.2) is 0 Å². The zero-order valence-electron chi connectivity index (χ0n) is 14.6. The Hall–Kier alpha value is -2.52. The van der Waals surface area contributed by atoms with Gasteiger partial charge < -0.3 is 0 Å². The van der Waals surface area contributed by atoms with Crippen molar-refractivity contribution in [1.82, 2.24) is 25.7 Å². The second-order valence-electron chi connectivity index (χ2n) is 6.69. The first-order chi connectivity index (χ1) is 13.0. The number of nitrogens with one attached hydrogen (secondary N) is 2. The Morgan fingerprint density at radius 2 is 2.11 bits per heavy atom. The molecule has 10 heteroatoms. The van der Waals surface area contributed by atoms with E-state index in [1.54, 1.807) is 18.2 Å². The first-order valence-corrected chi connectivity index (χ1v) is 9.19. The maximum Gasteiger partial charge on any atom is 0.262 e. The maximum absolute atomic E-state index is 12.5. The number of fused-ring (bicyclic) bond motifs is 1. The number of carbonyl (C=O) groups is 2. The van der Waals surface area contributed by atoms with Crippen LogP contribution in [-0.2, 0) is 9.59 Å². The molecular formula is C17H21ClN6O3. The zero-order valence-corrected chi connectivity index (χ0v) is 15.4. The van der Waals surface area contributed by atoms with E-state index in [-0.39, 0.29) is 18.4 Å². The number of amides is 2. The third-order valence-corrected chi connectivity index (χ3v) is 4.94. The standard InChI is InChI=1S/C17H21ClN6O3/c18-13-5-6-14-15(8-13)19-17(22-20-14)23-21-16(26)12(9-24(27)10-25)7-11-3-1-2-4-11/h5-6,8,10-12,27H,1-4,7,9H2,(H,21,26)(H,19,22,23)/t12-/m1/s1. The van der Waals surface area contributed by atoms with Crippen LogP contribution >= 0.6 is 11.6 Å². The van der Waals surface area contributed by atoms with Crippen LogP contribution in [0.5, 0.6) is 0 Å². The molecule has 3 rings (SSSR count). The fourth-order valence-corrected chi connectivity index (χ4v) is 3.53. The highest BCUT2D eigenvalue weighted by Gasteiger charge is 2.27. The van der Waals surface area contributed by atoms with Gasteiger partial charge in [-0.05, 0) is 30.5 Å². The monoisotopic (exact) mass is 392 g/mol. The molecule has 0 saturated heterocycles. The van der Waals surface area contributed by atoms with Crippen molar-refractivity contribution < 1.29 is 14.8 Å². The molecule has 0 radical (unpaired) electrons. The van der Waals surface area contributed by atoms with Crippen LogP contribution in [0.15, 0.2) is 18.2 Å². The smallest absolute Gasteiger partial charge is 0.262 e. The second-order valence-corrected chi connectivity index (χ2v) is 7.13. The molecule has 0 bridgehead atoms. The summed E-state index contributed by atoms with van der Waals surface area (Å²) >= 11 is 5.95. The van der Waals surface area contributed by atoms with Crippen molar-refractivity contribution in [3.63, 3.8) is 0 Å². The van der Waals surface area contributed by atoms with Gasteiger partial charge in [0.1, 0.15) is 5.52 Å². The Labute approximate surface area is 161 Å². The summed E-state index contributed by atoms with van der Waals surface area (Å²) in [6, 6.07) is 5.04. The third-order valence-electron chi connectivity index (χ3n) is 4.71. The molecule has 1 aliphatic carbocycles. The highest BCUT2D eigenvalue weighted by Crippen LogP contribution is 2.30. The quantitative estimate of drug-likeness (QED) is 0.357. The SMILES string of the molecule is O=CN(O)C[C@@H](CC1CCCC1)C(=O)NNc1nnc2ccc(Cl)cc2n1. The Balaban J connectivity index is 1.64. The highest BCUT2D eigenvalue weighted by atomic mass is 35.5. The maximum atomic E-state index is 12.5. The number of rotatable bonds is 8. The average Bonchev–Trinajstić information content (AvgIpc) is 3.18. The Bertz CT molecular complexity index is 814. The molecule has 1 aromatic carbocycles. The van der Waals surface area contributed by atoms with Crippen molar-refractivity contribution in [2.24, 2.45) is 11.8 Å². The van der Waals surface area contributed by atoms with Crippen LogP contribution in [0, 0.1) is 11.8 Å². The van der Waals surface area contributed by atoms with Gasteiger partial charge in [-0.2, -0.15) is 0 Å². The van der Waals surface area contributed by atoms with E-state index in [4.69, 9.17) is 11.6 Å². The number of hydrazine groups is 1. The number of carbonyl (C=O) groups excluding carboxylic acids is 2. The van der Waals surface area contributed by atoms with Crippen molar-refractivity contribution in [2.75, 3.05) is 12.0 Å². The molecule has 1 atom stereocenters. The van der Waals surface area contributed by atoms with Gasteiger partial charge in [0.2, 0.25) is 12.3 Å². The van der Waals surface area contributed by atoms with E-state index in [1.165, 1.54) is 0 Å². The van der Waals surface area contributed by atoms with Gasteiger partial charge in [0, 0.05) is 5.02 Å². The topological polar surface area (TPSA) is 120 Å². The fraction of sp³-hybridized carbons (Fsp3) is 0.471. The van der Waals surface area contributed by atoms with E-state index in [1.807, 2.05) is 0 Å². The first-order valence-electron chi connectivity index (χ1n) is 8.82. The summed E-state index contributed by atoms with van der Waals surface area (Å²) in [6.07, 6.45) is 5.30. The zero-order chi connectivity index (χ0) is 19.2. The molecule has 1 aliphatic rings. The normalized spacial score (nSPS) is 15.5. The second kappa shape index (κ2) is 8.92. The van der Waals surface area contributed by atoms with Gasteiger partial charge in [-0.25, -0.2) is 10.0 Å². The van der Waals surface area contributed by atoms with Crippen LogP contribution < -0.4 is 10.9 Å². The molecular weight excluding hydrogens is 372 g/mol.